The second kappa shape index (κ2) is 7.79. The molecule has 24 heavy (non-hydrogen) atoms. The van der Waals surface area contributed by atoms with Crippen molar-refractivity contribution in [3.8, 4) is 6.07 Å². The van der Waals surface area contributed by atoms with Crippen LogP contribution in [0, 0.1) is 11.3 Å². The van der Waals surface area contributed by atoms with Crippen LogP contribution in [-0.2, 0) is 4.79 Å². The number of hydrogen-bond donors (Lipinski definition) is 3. The Morgan fingerprint density at radius 3 is 2.58 bits per heavy atom. The zero-order valence-electron chi connectivity index (χ0n) is 13.5. The fourth-order valence-corrected chi connectivity index (χ4v) is 2.14. The molecule has 1 atom stereocenters. The van der Waals surface area contributed by atoms with Gasteiger partial charge in [0.2, 0.25) is 5.91 Å². The number of carbonyl (C=O) groups excluding carboxylic acids is 2. The minimum atomic E-state index is -0.545. The molecule has 0 aromatic heterocycles. The summed E-state index contributed by atoms with van der Waals surface area (Å²) >= 11 is 0. The van der Waals surface area contributed by atoms with Crippen molar-refractivity contribution in [2.75, 3.05) is 17.7 Å². The van der Waals surface area contributed by atoms with Crippen LogP contribution in [0.1, 0.15) is 22.8 Å². The third-order valence-electron chi connectivity index (χ3n) is 3.43. The van der Waals surface area contributed by atoms with E-state index in [1.807, 2.05) is 6.07 Å². The van der Waals surface area contributed by atoms with Gasteiger partial charge in [-0.2, -0.15) is 5.26 Å². The van der Waals surface area contributed by atoms with E-state index in [4.69, 9.17) is 5.26 Å². The summed E-state index contributed by atoms with van der Waals surface area (Å²) in [6, 6.07) is 15.2. The summed E-state index contributed by atoms with van der Waals surface area (Å²) in [5, 5.41) is 17.4. The summed E-state index contributed by atoms with van der Waals surface area (Å²) in [4.78, 5) is 23.9. The summed E-state index contributed by atoms with van der Waals surface area (Å²) < 4.78 is 0. The predicted octanol–water partition coefficient (Wildman–Crippen LogP) is 2.36. The van der Waals surface area contributed by atoms with Gasteiger partial charge in [0, 0.05) is 18.3 Å². The third-order valence-corrected chi connectivity index (χ3v) is 3.43. The van der Waals surface area contributed by atoms with Crippen molar-refractivity contribution >= 4 is 23.2 Å². The van der Waals surface area contributed by atoms with Gasteiger partial charge in [-0.1, -0.05) is 18.2 Å². The molecular weight excluding hydrogens is 304 g/mol. The number of benzene rings is 2. The van der Waals surface area contributed by atoms with Gasteiger partial charge in [-0.3, -0.25) is 9.59 Å². The van der Waals surface area contributed by atoms with Crippen LogP contribution in [0.25, 0.3) is 0 Å². The van der Waals surface area contributed by atoms with Crippen molar-refractivity contribution in [1.29, 1.82) is 5.26 Å². The molecular formula is C18H18N4O2. The van der Waals surface area contributed by atoms with Gasteiger partial charge >= 0.3 is 0 Å². The van der Waals surface area contributed by atoms with Crippen LogP contribution in [-0.4, -0.2) is 24.9 Å². The Bertz CT molecular complexity index is 796. The number of amides is 2. The molecule has 0 unspecified atom stereocenters. The summed E-state index contributed by atoms with van der Waals surface area (Å²) in [6.45, 7) is 1.71. The lowest BCUT2D eigenvalue weighted by molar-refractivity contribution is -0.116. The van der Waals surface area contributed by atoms with Crippen LogP contribution in [0.15, 0.2) is 48.5 Å². The zero-order chi connectivity index (χ0) is 17.5. The number of hydrogen-bond acceptors (Lipinski definition) is 4. The average Bonchev–Trinajstić information content (AvgIpc) is 2.61. The first-order chi connectivity index (χ1) is 11.5. The monoisotopic (exact) mass is 322 g/mol. The van der Waals surface area contributed by atoms with Crippen LogP contribution in [0.5, 0.6) is 0 Å². The van der Waals surface area contributed by atoms with Gasteiger partial charge in [-0.05, 0) is 37.3 Å². The molecule has 0 spiro atoms. The summed E-state index contributed by atoms with van der Waals surface area (Å²) in [5.41, 5.74) is 2.04. The molecule has 2 amide bonds. The van der Waals surface area contributed by atoms with Gasteiger partial charge in [0.25, 0.3) is 5.91 Å². The molecule has 0 fully saturated rings. The predicted molar refractivity (Wildman–Crippen MR) is 92.7 cm³/mol. The molecule has 3 N–H and O–H groups in total. The van der Waals surface area contributed by atoms with E-state index in [0.29, 0.717) is 22.5 Å². The molecule has 2 aromatic carbocycles. The quantitative estimate of drug-likeness (QED) is 0.787. The van der Waals surface area contributed by atoms with Crippen LogP contribution in [0.2, 0.25) is 0 Å². The second-order valence-corrected chi connectivity index (χ2v) is 5.17. The lowest BCUT2D eigenvalue weighted by Gasteiger charge is -2.16. The second-order valence-electron chi connectivity index (χ2n) is 5.17. The maximum Gasteiger partial charge on any atom is 0.251 e. The van der Waals surface area contributed by atoms with Crippen LogP contribution in [0.3, 0.4) is 0 Å². The van der Waals surface area contributed by atoms with E-state index in [9.17, 15) is 9.59 Å². The highest BCUT2D eigenvalue weighted by Gasteiger charge is 2.15. The Morgan fingerprint density at radius 1 is 1.12 bits per heavy atom. The smallest absolute Gasteiger partial charge is 0.251 e. The summed E-state index contributed by atoms with van der Waals surface area (Å²) in [6.07, 6.45) is 0. The Balaban J connectivity index is 2.07. The van der Waals surface area contributed by atoms with Gasteiger partial charge in [0.05, 0.1) is 11.3 Å². The van der Waals surface area contributed by atoms with Crippen molar-refractivity contribution in [3.05, 3.63) is 59.7 Å². The minimum Gasteiger partial charge on any atom is -0.374 e. The first kappa shape index (κ1) is 17.0. The largest absolute Gasteiger partial charge is 0.374 e. The van der Waals surface area contributed by atoms with E-state index in [1.165, 1.54) is 0 Å². The van der Waals surface area contributed by atoms with E-state index in [1.54, 1.807) is 62.5 Å². The number of nitrogens with zero attached hydrogens (tertiary/aromatic N) is 1. The highest BCUT2D eigenvalue weighted by atomic mass is 16.2. The van der Waals surface area contributed by atoms with E-state index < -0.39 is 6.04 Å². The Morgan fingerprint density at radius 2 is 1.88 bits per heavy atom. The van der Waals surface area contributed by atoms with Gasteiger partial charge in [-0.25, -0.2) is 0 Å². The molecule has 0 aliphatic heterocycles. The fourth-order valence-electron chi connectivity index (χ4n) is 2.14. The normalized spacial score (nSPS) is 11.0. The number of para-hydroxylation sites is 1. The molecule has 122 valence electrons. The Hall–Kier alpha value is -3.33. The van der Waals surface area contributed by atoms with E-state index in [0.717, 1.165) is 0 Å². The van der Waals surface area contributed by atoms with Crippen molar-refractivity contribution in [3.63, 3.8) is 0 Å². The van der Waals surface area contributed by atoms with Crippen molar-refractivity contribution in [2.24, 2.45) is 0 Å². The maximum absolute atomic E-state index is 12.3. The summed E-state index contributed by atoms with van der Waals surface area (Å²) in [5.74, 6) is -0.471. The van der Waals surface area contributed by atoms with Crippen molar-refractivity contribution in [2.45, 2.75) is 13.0 Å². The number of nitrogens with one attached hydrogen (secondary N) is 3. The highest BCUT2D eigenvalue weighted by Crippen LogP contribution is 2.15. The van der Waals surface area contributed by atoms with Crippen molar-refractivity contribution < 1.29 is 9.59 Å². The first-order valence-electron chi connectivity index (χ1n) is 7.44. The standard InChI is InChI=1S/C18H18N4O2/c1-12(17(23)22-16-9-4-3-6-14(16)11-19)21-15-8-5-7-13(10-15)18(24)20-2/h3-10,12,21H,1-2H3,(H,20,24)(H,22,23)/t12-/m1/s1. The van der Waals surface area contributed by atoms with Gasteiger partial charge in [0.15, 0.2) is 0 Å². The fraction of sp³-hybridized carbons (Fsp3) is 0.167. The zero-order valence-corrected chi connectivity index (χ0v) is 13.5. The maximum atomic E-state index is 12.3. The molecule has 0 saturated carbocycles. The van der Waals surface area contributed by atoms with E-state index >= 15 is 0 Å². The van der Waals surface area contributed by atoms with Gasteiger partial charge in [-0.15, -0.1) is 0 Å². The average molecular weight is 322 g/mol. The highest BCUT2D eigenvalue weighted by molar-refractivity contribution is 5.98. The molecule has 0 bridgehead atoms. The van der Waals surface area contributed by atoms with E-state index in [-0.39, 0.29) is 11.8 Å². The summed E-state index contributed by atoms with van der Waals surface area (Å²) in [7, 11) is 1.56. The number of anilines is 2. The Kier molecular flexibility index (Phi) is 5.53. The molecule has 6 nitrogen and oxygen atoms in total. The lowest BCUT2D eigenvalue weighted by atomic mass is 10.1. The number of carbonyl (C=O) groups is 2. The van der Waals surface area contributed by atoms with Crippen molar-refractivity contribution in [1.82, 2.24) is 5.32 Å². The third kappa shape index (κ3) is 4.11. The molecule has 2 aromatic rings. The molecule has 2 rings (SSSR count). The Labute approximate surface area is 140 Å². The van der Waals surface area contributed by atoms with Crippen LogP contribution >= 0.6 is 0 Å². The molecule has 0 aliphatic carbocycles. The topological polar surface area (TPSA) is 94.0 Å². The van der Waals surface area contributed by atoms with Crippen LogP contribution < -0.4 is 16.0 Å². The molecule has 6 heteroatoms. The lowest BCUT2D eigenvalue weighted by Crippen LogP contribution is -2.32. The van der Waals surface area contributed by atoms with E-state index in [2.05, 4.69) is 16.0 Å². The van der Waals surface area contributed by atoms with Gasteiger partial charge in [0.1, 0.15) is 12.1 Å². The number of nitriles is 1. The van der Waals surface area contributed by atoms with Crippen LogP contribution in [0.4, 0.5) is 11.4 Å². The number of rotatable bonds is 5. The molecule has 0 saturated heterocycles. The first-order valence-corrected chi connectivity index (χ1v) is 7.44. The molecule has 0 radical (unpaired) electrons. The molecule has 0 aliphatic rings. The van der Waals surface area contributed by atoms with Gasteiger partial charge < -0.3 is 16.0 Å². The minimum absolute atomic E-state index is 0.196. The SMILES string of the molecule is CNC(=O)c1cccc(N[C@H](C)C(=O)Nc2ccccc2C#N)c1. The molecule has 0 heterocycles.